The van der Waals surface area contributed by atoms with Crippen LogP contribution in [0.5, 0.6) is 0 Å². The van der Waals surface area contributed by atoms with Crippen LogP contribution in [0.1, 0.15) is 27.3 Å². The number of nitrogens with zero attached hydrogens (tertiary/aromatic N) is 3. The first-order chi connectivity index (χ1) is 15.8. The highest BCUT2D eigenvalue weighted by Crippen LogP contribution is 2.29. The van der Waals surface area contributed by atoms with E-state index in [0.717, 1.165) is 49.7 Å². The van der Waals surface area contributed by atoms with Gasteiger partial charge in [0, 0.05) is 17.5 Å². The van der Waals surface area contributed by atoms with E-state index in [2.05, 4.69) is 36.4 Å². The first kappa shape index (κ1) is 19.9. The molecule has 4 aromatic carbocycles. The number of rotatable bonds is 5. The quantitative estimate of drug-likeness (QED) is 0.284. The molecule has 0 N–H and O–H groups in total. The number of thiazole rings is 1. The number of aromatic nitrogens is 1. The molecule has 0 aliphatic rings. The van der Waals surface area contributed by atoms with Crippen LogP contribution >= 0.6 is 11.3 Å². The third kappa shape index (κ3) is 4.34. The smallest absolute Gasteiger partial charge is 0.0991 e. The number of hydrogen-bond acceptors (Lipinski definition) is 4. The van der Waals surface area contributed by atoms with Gasteiger partial charge in [-0.1, -0.05) is 72.8 Å². The minimum atomic E-state index is 0.674. The average Bonchev–Trinajstić information content (AvgIpc) is 3.25. The summed E-state index contributed by atoms with van der Waals surface area (Å²) in [6, 6.07) is 36.6. The predicted molar refractivity (Wildman–Crippen MR) is 132 cm³/mol. The van der Waals surface area contributed by atoms with Crippen molar-refractivity contribution in [3.63, 3.8) is 0 Å². The predicted octanol–water partition coefficient (Wildman–Crippen LogP) is 6.93. The minimum absolute atomic E-state index is 0.674. The van der Waals surface area contributed by atoms with Crippen LogP contribution in [0, 0.1) is 11.3 Å². The summed E-state index contributed by atoms with van der Waals surface area (Å²) in [6.45, 7) is 0. The summed E-state index contributed by atoms with van der Waals surface area (Å²) in [5.74, 6) is 0. The van der Waals surface area contributed by atoms with Crippen molar-refractivity contribution >= 4 is 33.0 Å². The van der Waals surface area contributed by atoms with Crippen LogP contribution < -0.4 is 0 Å². The Morgan fingerprint density at radius 2 is 1.47 bits per heavy atom. The zero-order chi connectivity index (χ0) is 21.8. The Balaban J connectivity index is 1.49. The fraction of sp³-hybridized carbons (Fsp3) is 0.0357. The Morgan fingerprint density at radius 3 is 2.09 bits per heavy atom. The van der Waals surface area contributed by atoms with Gasteiger partial charge in [0.1, 0.15) is 0 Å². The van der Waals surface area contributed by atoms with Crippen LogP contribution in [-0.4, -0.2) is 10.7 Å². The molecule has 0 spiro atoms. The number of nitriles is 1. The zero-order valence-electron chi connectivity index (χ0n) is 17.3. The van der Waals surface area contributed by atoms with Crippen LogP contribution in [0.15, 0.2) is 108 Å². The third-order valence-electron chi connectivity index (χ3n) is 5.19. The van der Waals surface area contributed by atoms with E-state index in [1.807, 2.05) is 72.8 Å². The van der Waals surface area contributed by atoms with E-state index in [4.69, 9.17) is 15.2 Å². The minimum Gasteiger partial charge on any atom is -0.248 e. The van der Waals surface area contributed by atoms with Gasteiger partial charge in [0.2, 0.25) is 0 Å². The second-order valence-electron chi connectivity index (χ2n) is 7.44. The Bertz CT molecular complexity index is 1390. The van der Waals surface area contributed by atoms with E-state index in [9.17, 15) is 0 Å². The van der Waals surface area contributed by atoms with E-state index in [-0.39, 0.29) is 0 Å². The number of hydrogen-bond donors (Lipinski definition) is 0. The molecule has 0 unspecified atom stereocenters. The summed E-state index contributed by atoms with van der Waals surface area (Å²) in [5, 5.41) is 10.0. The molecule has 0 aliphatic carbocycles. The molecule has 0 fully saturated rings. The second kappa shape index (κ2) is 8.97. The van der Waals surface area contributed by atoms with Crippen molar-refractivity contribution in [1.82, 2.24) is 4.98 Å². The van der Waals surface area contributed by atoms with Crippen molar-refractivity contribution in [3.8, 4) is 6.07 Å². The molecule has 5 rings (SSSR count). The van der Waals surface area contributed by atoms with Crippen LogP contribution in [-0.2, 0) is 6.42 Å². The average molecular weight is 430 g/mol. The lowest BCUT2D eigenvalue weighted by Crippen LogP contribution is -2.02. The summed E-state index contributed by atoms with van der Waals surface area (Å²) in [5.41, 5.74) is 6.85. The molecule has 32 heavy (non-hydrogen) atoms. The van der Waals surface area contributed by atoms with Crippen LogP contribution in [0.4, 0.5) is 5.69 Å². The molecule has 1 heterocycles. The van der Waals surface area contributed by atoms with E-state index in [1.165, 1.54) is 0 Å². The van der Waals surface area contributed by atoms with Gasteiger partial charge >= 0.3 is 0 Å². The van der Waals surface area contributed by atoms with Gasteiger partial charge in [0.25, 0.3) is 0 Å². The van der Waals surface area contributed by atoms with Gasteiger partial charge in [-0.3, -0.25) is 0 Å². The van der Waals surface area contributed by atoms with Crippen LogP contribution in [0.3, 0.4) is 0 Å². The zero-order valence-corrected chi connectivity index (χ0v) is 18.1. The largest absolute Gasteiger partial charge is 0.248 e. The Hall–Kier alpha value is -4.07. The van der Waals surface area contributed by atoms with Crippen LogP contribution in [0.25, 0.3) is 10.2 Å². The lowest BCUT2D eigenvalue weighted by molar-refractivity contribution is 1.15. The van der Waals surface area contributed by atoms with E-state index in [1.54, 1.807) is 11.3 Å². The van der Waals surface area contributed by atoms with E-state index >= 15 is 0 Å². The number of benzene rings is 4. The Kier molecular flexibility index (Phi) is 5.57. The molecule has 5 aromatic rings. The normalized spacial score (nSPS) is 10.6. The fourth-order valence-electron chi connectivity index (χ4n) is 3.59. The fourth-order valence-corrected chi connectivity index (χ4v) is 4.63. The second-order valence-corrected chi connectivity index (χ2v) is 8.55. The SMILES string of the molecule is N#Cc1ccc(Cc2nc3ccc(N=C(c4ccccc4)c4ccccc4)cc3s2)cc1. The maximum atomic E-state index is 8.98. The van der Waals surface area contributed by atoms with Crippen molar-refractivity contribution in [2.24, 2.45) is 4.99 Å². The molecule has 4 heteroatoms. The lowest BCUT2D eigenvalue weighted by atomic mass is 10.0. The van der Waals surface area contributed by atoms with Gasteiger partial charge in [-0.05, 0) is 35.9 Å². The maximum absolute atomic E-state index is 8.98. The highest BCUT2D eigenvalue weighted by molar-refractivity contribution is 7.18. The van der Waals surface area contributed by atoms with Crippen molar-refractivity contribution < 1.29 is 0 Å². The number of aliphatic imine (C=N–C) groups is 1. The van der Waals surface area contributed by atoms with E-state index in [0.29, 0.717) is 5.56 Å². The molecular formula is C28H19N3S. The molecule has 1 aromatic heterocycles. The highest BCUT2D eigenvalue weighted by Gasteiger charge is 2.09. The van der Waals surface area contributed by atoms with Gasteiger partial charge in [0.15, 0.2) is 0 Å². The lowest BCUT2D eigenvalue weighted by Gasteiger charge is -2.07. The Morgan fingerprint density at radius 1 is 0.812 bits per heavy atom. The van der Waals surface area contributed by atoms with Crippen molar-refractivity contribution in [1.29, 1.82) is 5.26 Å². The third-order valence-corrected chi connectivity index (χ3v) is 6.21. The molecule has 152 valence electrons. The topological polar surface area (TPSA) is 49.0 Å². The summed E-state index contributed by atoms with van der Waals surface area (Å²) in [4.78, 5) is 9.82. The van der Waals surface area contributed by atoms with E-state index < -0.39 is 0 Å². The summed E-state index contributed by atoms with van der Waals surface area (Å²) >= 11 is 1.69. The molecule has 0 bridgehead atoms. The van der Waals surface area contributed by atoms with Gasteiger partial charge in [-0.15, -0.1) is 11.3 Å². The van der Waals surface area contributed by atoms with Crippen LogP contribution in [0.2, 0.25) is 0 Å². The molecular weight excluding hydrogens is 410 g/mol. The summed E-state index contributed by atoms with van der Waals surface area (Å²) in [7, 11) is 0. The standard InChI is InChI=1S/C28H19N3S/c29-19-21-13-11-20(12-14-21)17-27-31-25-16-15-24(18-26(25)32-27)30-28(22-7-3-1-4-8-22)23-9-5-2-6-10-23/h1-16,18H,17H2. The van der Waals surface area contributed by atoms with Gasteiger partial charge in [-0.25, -0.2) is 9.98 Å². The molecule has 0 atom stereocenters. The van der Waals surface area contributed by atoms with Crippen molar-refractivity contribution in [2.45, 2.75) is 6.42 Å². The van der Waals surface area contributed by atoms with Crippen molar-refractivity contribution in [3.05, 3.63) is 130 Å². The number of fused-ring (bicyclic) bond motifs is 1. The molecule has 3 nitrogen and oxygen atoms in total. The summed E-state index contributed by atoms with van der Waals surface area (Å²) in [6.07, 6.45) is 0.753. The Labute approximate surface area is 191 Å². The molecule has 0 amide bonds. The van der Waals surface area contributed by atoms with Crippen molar-refractivity contribution in [2.75, 3.05) is 0 Å². The molecule has 0 radical (unpaired) electrons. The van der Waals surface area contributed by atoms with Gasteiger partial charge in [-0.2, -0.15) is 5.26 Å². The summed E-state index contributed by atoms with van der Waals surface area (Å²) < 4.78 is 1.12. The molecule has 0 saturated heterocycles. The molecule has 0 aliphatic heterocycles. The van der Waals surface area contributed by atoms with Gasteiger partial charge in [0.05, 0.1) is 38.3 Å². The maximum Gasteiger partial charge on any atom is 0.0991 e. The first-order valence-corrected chi connectivity index (χ1v) is 11.2. The monoisotopic (exact) mass is 429 g/mol. The first-order valence-electron chi connectivity index (χ1n) is 10.4. The molecule has 0 saturated carbocycles. The van der Waals surface area contributed by atoms with Gasteiger partial charge < -0.3 is 0 Å². The highest BCUT2D eigenvalue weighted by atomic mass is 32.1.